The van der Waals surface area contributed by atoms with Crippen LogP contribution in [0.2, 0.25) is 5.02 Å². The third kappa shape index (κ3) is 4.20. The summed E-state index contributed by atoms with van der Waals surface area (Å²) in [6, 6.07) is 20.1. The standard InChI is InChI=1S/C23H18ClN3O2/c1-14-6-3-4-8-19(14)26-23-18(13-16-12-17(24)10-11-20(16)29-23)22(28)27-21-9-5-7-15(2)25-21/h3-13H,1-2H3,(H,25,27,28). The fourth-order valence-electron chi connectivity index (χ4n) is 2.94. The molecule has 4 aromatic rings. The van der Waals surface area contributed by atoms with Gasteiger partial charge in [-0.2, -0.15) is 0 Å². The van der Waals surface area contributed by atoms with E-state index in [2.05, 4.69) is 15.3 Å². The van der Waals surface area contributed by atoms with Gasteiger partial charge in [-0.15, -0.1) is 0 Å². The lowest BCUT2D eigenvalue weighted by Crippen LogP contribution is -2.22. The summed E-state index contributed by atoms with van der Waals surface area (Å²) in [5.41, 5.74) is 3.62. The molecule has 0 unspecified atom stereocenters. The van der Waals surface area contributed by atoms with Crippen molar-refractivity contribution in [3.63, 3.8) is 0 Å². The van der Waals surface area contributed by atoms with Gasteiger partial charge in [-0.1, -0.05) is 35.9 Å². The number of aryl methyl sites for hydroxylation is 2. The molecule has 2 aromatic carbocycles. The van der Waals surface area contributed by atoms with Crippen LogP contribution in [0.3, 0.4) is 0 Å². The van der Waals surface area contributed by atoms with Gasteiger partial charge in [0.25, 0.3) is 5.91 Å². The molecule has 1 N–H and O–H groups in total. The first-order chi connectivity index (χ1) is 14.0. The molecule has 2 heterocycles. The minimum absolute atomic E-state index is 0.222. The minimum atomic E-state index is -0.360. The van der Waals surface area contributed by atoms with Crippen molar-refractivity contribution in [2.24, 2.45) is 4.99 Å². The van der Waals surface area contributed by atoms with Crippen molar-refractivity contribution in [2.75, 3.05) is 5.32 Å². The first-order valence-electron chi connectivity index (χ1n) is 9.08. The van der Waals surface area contributed by atoms with Crippen LogP contribution in [-0.4, -0.2) is 10.9 Å². The van der Waals surface area contributed by atoms with Crippen molar-refractivity contribution in [3.8, 4) is 0 Å². The molecule has 0 radical (unpaired) electrons. The number of rotatable bonds is 3. The van der Waals surface area contributed by atoms with E-state index in [4.69, 9.17) is 16.0 Å². The van der Waals surface area contributed by atoms with Crippen LogP contribution in [0.25, 0.3) is 11.0 Å². The number of hydrogen-bond acceptors (Lipinski definition) is 4. The van der Waals surface area contributed by atoms with E-state index in [1.807, 2.05) is 50.2 Å². The lowest BCUT2D eigenvalue weighted by molar-refractivity contribution is 0.102. The zero-order chi connectivity index (χ0) is 20.4. The molecule has 1 amide bonds. The summed E-state index contributed by atoms with van der Waals surface area (Å²) in [4.78, 5) is 22.0. The summed E-state index contributed by atoms with van der Waals surface area (Å²) in [6.07, 6.45) is 0. The van der Waals surface area contributed by atoms with E-state index in [1.54, 1.807) is 30.3 Å². The molecule has 5 nitrogen and oxygen atoms in total. The van der Waals surface area contributed by atoms with Gasteiger partial charge < -0.3 is 9.73 Å². The van der Waals surface area contributed by atoms with Crippen LogP contribution < -0.4 is 10.9 Å². The Hall–Kier alpha value is -3.44. The van der Waals surface area contributed by atoms with Crippen LogP contribution in [0.5, 0.6) is 0 Å². The first kappa shape index (κ1) is 18.9. The molecule has 0 bridgehead atoms. The highest BCUT2D eigenvalue weighted by molar-refractivity contribution is 6.31. The molecule has 2 aromatic heterocycles. The largest absolute Gasteiger partial charge is 0.438 e. The van der Waals surface area contributed by atoms with Crippen molar-refractivity contribution >= 4 is 40.0 Å². The summed E-state index contributed by atoms with van der Waals surface area (Å²) in [7, 11) is 0. The molecule has 0 spiro atoms. The number of amides is 1. The Balaban J connectivity index is 1.88. The molecule has 0 aliphatic heterocycles. The Morgan fingerprint density at radius 1 is 1.03 bits per heavy atom. The van der Waals surface area contributed by atoms with Crippen LogP contribution in [0.4, 0.5) is 11.5 Å². The summed E-state index contributed by atoms with van der Waals surface area (Å²) >= 11 is 6.11. The molecule has 29 heavy (non-hydrogen) atoms. The van der Waals surface area contributed by atoms with E-state index in [0.717, 1.165) is 16.9 Å². The van der Waals surface area contributed by atoms with Crippen LogP contribution >= 0.6 is 11.6 Å². The quantitative estimate of drug-likeness (QED) is 0.485. The molecule has 0 atom stereocenters. The Morgan fingerprint density at radius 2 is 1.86 bits per heavy atom. The van der Waals surface area contributed by atoms with E-state index in [9.17, 15) is 4.79 Å². The van der Waals surface area contributed by atoms with Crippen molar-refractivity contribution < 1.29 is 9.21 Å². The van der Waals surface area contributed by atoms with Gasteiger partial charge in [0, 0.05) is 16.1 Å². The second-order valence-corrected chi connectivity index (χ2v) is 7.10. The number of anilines is 1. The predicted molar refractivity (Wildman–Crippen MR) is 115 cm³/mol. The normalized spacial score (nSPS) is 11.6. The fourth-order valence-corrected chi connectivity index (χ4v) is 3.12. The first-order valence-corrected chi connectivity index (χ1v) is 9.46. The van der Waals surface area contributed by atoms with Gasteiger partial charge in [-0.3, -0.25) is 4.79 Å². The van der Waals surface area contributed by atoms with Crippen molar-refractivity contribution in [2.45, 2.75) is 13.8 Å². The van der Waals surface area contributed by atoms with E-state index in [1.165, 1.54) is 0 Å². The van der Waals surface area contributed by atoms with Gasteiger partial charge in [0.05, 0.1) is 5.69 Å². The van der Waals surface area contributed by atoms with Crippen LogP contribution in [0, 0.1) is 13.8 Å². The van der Waals surface area contributed by atoms with Gasteiger partial charge in [-0.05, 0) is 61.9 Å². The predicted octanol–water partition coefficient (Wildman–Crippen LogP) is 5.58. The number of carbonyl (C=O) groups excluding carboxylic acids is 1. The number of aromatic nitrogens is 1. The maximum absolute atomic E-state index is 13.0. The molecule has 144 valence electrons. The minimum Gasteiger partial charge on any atom is -0.438 e. The van der Waals surface area contributed by atoms with Gasteiger partial charge in [-0.25, -0.2) is 9.98 Å². The van der Waals surface area contributed by atoms with E-state index in [0.29, 0.717) is 27.4 Å². The number of hydrogen-bond donors (Lipinski definition) is 1. The molecular formula is C23H18ClN3O2. The average Bonchev–Trinajstić information content (AvgIpc) is 2.69. The smallest absolute Gasteiger partial charge is 0.262 e. The van der Waals surface area contributed by atoms with Crippen LogP contribution in [-0.2, 0) is 0 Å². The lowest BCUT2D eigenvalue weighted by Gasteiger charge is -2.07. The topological polar surface area (TPSA) is 67.5 Å². The summed E-state index contributed by atoms with van der Waals surface area (Å²) in [5.74, 6) is 0.101. The second kappa shape index (κ2) is 7.89. The second-order valence-electron chi connectivity index (χ2n) is 6.66. The van der Waals surface area contributed by atoms with Crippen LogP contribution in [0.1, 0.15) is 21.6 Å². The Labute approximate surface area is 172 Å². The number of nitrogens with one attached hydrogen (secondary N) is 1. The average molecular weight is 404 g/mol. The summed E-state index contributed by atoms with van der Waals surface area (Å²) in [6.45, 7) is 3.82. The van der Waals surface area contributed by atoms with Crippen molar-refractivity contribution in [1.29, 1.82) is 0 Å². The highest BCUT2D eigenvalue weighted by Crippen LogP contribution is 2.21. The van der Waals surface area contributed by atoms with Crippen molar-refractivity contribution in [3.05, 3.63) is 94.1 Å². The lowest BCUT2D eigenvalue weighted by atomic mass is 10.1. The summed E-state index contributed by atoms with van der Waals surface area (Å²) in [5, 5.41) is 4.09. The molecule has 0 aliphatic rings. The number of carbonyl (C=O) groups is 1. The Kier molecular flexibility index (Phi) is 5.14. The number of fused-ring (bicyclic) bond motifs is 1. The number of pyridine rings is 1. The molecule has 0 aliphatic carbocycles. The van der Waals surface area contributed by atoms with Crippen molar-refractivity contribution in [1.82, 2.24) is 4.98 Å². The zero-order valence-electron chi connectivity index (χ0n) is 15.9. The van der Waals surface area contributed by atoms with Gasteiger partial charge in [0.2, 0.25) is 5.55 Å². The Bertz CT molecular complexity index is 1290. The third-order valence-corrected chi connectivity index (χ3v) is 4.66. The molecule has 6 heteroatoms. The van der Waals surface area contributed by atoms with Crippen LogP contribution in [0.15, 0.2) is 76.1 Å². The molecule has 0 fully saturated rings. The summed E-state index contributed by atoms with van der Waals surface area (Å²) < 4.78 is 5.98. The number of para-hydroxylation sites is 1. The maximum Gasteiger partial charge on any atom is 0.262 e. The van der Waals surface area contributed by atoms with Gasteiger partial charge >= 0.3 is 0 Å². The number of nitrogens with zero attached hydrogens (tertiary/aromatic N) is 2. The Morgan fingerprint density at radius 3 is 2.66 bits per heavy atom. The molecule has 0 saturated heterocycles. The van der Waals surface area contributed by atoms with Gasteiger partial charge in [0.15, 0.2) is 0 Å². The van der Waals surface area contributed by atoms with Gasteiger partial charge in [0.1, 0.15) is 17.0 Å². The van der Waals surface area contributed by atoms with E-state index < -0.39 is 0 Å². The third-order valence-electron chi connectivity index (χ3n) is 4.42. The molecule has 0 saturated carbocycles. The zero-order valence-corrected chi connectivity index (χ0v) is 16.7. The fraction of sp³-hybridized carbons (Fsp3) is 0.0870. The van der Waals surface area contributed by atoms with E-state index in [-0.39, 0.29) is 11.5 Å². The maximum atomic E-state index is 13.0. The monoisotopic (exact) mass is 403 g/mol. The number of halogens is 1. The highest BCUT2D eigenvalue weighted by atomic mass is 35.5. The molecule has 4 rings (SSSR count). The number of benzene rings is 2. The van der Waals surface area contributed by atoms with E-state index >= 15 is 0 Å². The molecular weight excluding hydrogens is 386 g/mol. The SMILES string of the molecule is Cc1cccc(NC(=O)c2cc3cc(Cl)ccc3oc2=Nc2ccccc2C)n1. The highest BCUT2D eigenvalue weighted by Gasteiger charge is 2.14.